The smallest absolute Gasteiger partial charge is 0.253 e. The number of hydrogen-bond acceptors (Lipinski definition) is 2. The number of nitrogens with one attached hydrogen (secondary N) is 2. The van der Waals surface area contributed by atoms with Gasteiger partial charge in [0.15, 0.2) is 5.11 Å². The van der Waals surface area contributed by atoms with Crippen LogP contribution >= 0.6 is 23.8 Å². The lowest BCUT2D eigenvalue weighted by Crippen LogP contribution is -2.40. The lowest BCUT2D eigenvalue weighted by atomic mass is 10.1. The molecule has 6 heteroatoms. The van der Waals surface area contributed by atoms with E-state index < -0.39 is 0 Å². The maximum Gasteiger partial charge on any atom is 0.253 e. The van der Waals surface area contributed by atoms with Gasteiger partial charge in [0, 0.05) is 29.2 Å². The van der Waals surface area contributed by atoms with Gasteiger partial charge in [-0.05, 0) is 66.3 Å². The summed E-state index contributed by atoms with van der Waals surface area (Å²) >= 11 is 11.6. The van der Waals surface area contributed by atoms with E-state index in [9.17, 15) is 4.79 Å². The molecule has 3 rings (SSSR count). The summed E-state index contributed by atoms with van der Waals surface area (Å²) in [5.41, 5.74) is 3.65. The van der Waals surface area contributed by atoms with E-state index in [0.717, 1.165) is 35.0 Å². The molecule has 0 aliphatic rings. The molecule has 0 fully saturated rings. The van der Waals surface area contributed by atoms with Crippen LogP contribution in [0.3, 0.4) is 0 Å². The van der Waals surface area contributed by atoms with Gasteiger partial charge in [-0.2, -0.15) is 0 Å². The highest BCUT2D eigenvalue weighted by Crippen LogP contribution is 2.16. The van der Waals surface area contributed by atoms with E-state index in [1.165, 1.54) is 0 Å². The molecule has 28 heavy (non-hydrogen) atoms. The minimum Gasteiger partial charge on any atom is -0.363 e. The van der Waals surface area contributed by atoms with E-state index in [1.54, 1.807) is 0 Å². The Kier molecular flexibility index (Phi) is 6.70. The molecular weight excluding hydrogens is 390 g/mol. The van der Waals surface area contributed by atoms with E-state index in [1.807, 2.05) is 60.4 Å². The maximum absolute atomic E-state index is 12.7. The monoisotopic (exact) mass is 413 g/mol. The molecule has 146 valence electrons. The van der Waals surface area contributed by atoms with Crippen molar-refractivity contribution >= 4 is 39.8 Å². The third-order valence-corrected chi connectivity index (χ3v) is 5.19. The Labute approximate surface area is 175 Å². The van der Waals surface area contributed by atoms with Gasteiger partial charge in [-0.25, -0.2) is 0 Å². The van der Waals surface area contributed by atoms with Crippen molar-refractivity contribution in [3.05, 3.63) is 80.6 Å². The lowest BCUT2D eigenvalue weighted by Gasteiger charge is -2.26. The zero-order chi connectivity index (χ0) is 20.1. The largest absolute Gasteiger partial charge is 0.363 e. The fourth-order valence-electron chi connectivity index (χ4n) is 3.04. The average Bonchev–Trinajstić information content (AvgIpc) is 2.67. The molecule has 0 bridgehead atoms. The zero-order valence-corrected chi connectivity index (χ0v) is 17.7. The fourth-order valence-corrected chi connectivity index (χ4v) is 3.39. The van der Waals surface area contributed by atoms with Gasteiger partial charge >= 0.3 is 0 Å². The molecule has 0 unspecified atom stereocenters. The Morgan fingerprint density at radius 1 is 1.14 bits per heavy atom. The van der Waals surface area contributed by atoms with Crippen LogP contribution in [-0.4, -0.2) is 21.5 Å². The maximum atomic E-state index is 12.7. The molecule has 0 saturated carbocycles. The number of pyridine rings is 1. The Balaban J connectivity index is 1.89. The van der Waals surface area contributed by atoms with Crippen LogP contribution in [0.25, 0.3) is 10.9 Å². The van der Waals surface area contributed by atoms with Crippen LogP contribution in [0, 0.1) is 6.92 Å². The van der Waals surface area contributed by atoms with Crippen molar-refractivity contribution in [2.75, 3.05) is 6.54 Å². The molecule has 4 nitrogen and oxygen atoms in total. The van der Waals surface area contributed by atoms with Gasteiger partial charge < -0.3 is 15.2 Å². The molecule has 0 saturated heterocycles. The van der Waals surface area contributed by atoms with E-state index in [-0.39, 0.29) is 5.56 Å². The molecule has 1 heterocycles. The number of hydrogen-bond donors (Lipinski definition) is 2. The number of fused-ring (bicyclic) bond motifs is 1. The first-order valence-electron chi connectivity index (χ1n) is 9.36. The Morgan fingerprint density at radius 2 is 1.89 bits per heavy atom. The van der Waals surface area contributed by atoms with E-state index >= 15 is 0 Å². The van der Waals surface area contributed by atoms with E-state index in [2.05, 4.69) is 17.2 Å². The van der Waals surface area contributed by atoms with Crippen LogP contribution in [0.2, 0.25) is 5.02 Å². The average molecular weight is 414 g/mol. The quantitative estimate of drug-likeness (QED) is 0.571. The van der Waals surface area contributed by atoms with Gasteiger partial charge in [-0.1, -0.05) is 42.8 Å². The zero-order valence-electron chi connectivity index (χ0n) is 16.1. The van der Waals surface area contributed by atoms with Crippen molar-refractivity contribution in [2.24, 2.45) is 0 Å². The topological polar surface area (TPSA) is 48.1 Å². The second-order valence-corrected chi connectivity index (χ2v) is 7.75. The summed E-state index contributed by atoms with van der Waals surface area (Å²) in [5.74, 6) is 0. The predicted molar refractivity (Wildman–Crippen MR) is 121 cm³/mol. The standard InChI is InChI=1S/C22H24ClN3OS/c1-3-10-24-22(28)26(13-16-5-8-19(23)9-6-16)14-18-12-17-7-4-15(2)11-20(17)25-21(18)27/h4-9,11-12H,3,10,13-14H2,1-2H3,(H,24,28)(H,25,27). The van der Waals surface area contributed by atoms with Crippen LogP contribution in [0.4, 0.5) is 0 Å². The highest BCUT2D eigenvalue weighted by Gasteiger charge is 2.14. The number of nitrogens with zero attached hydrogens (tertiary/aromatic N) is 1. The molecule has 0 amide bonds. The normalized spacial score (nSPS) is 10.8. The first-order chi connectivity index (χ1) is 13.5. The molecule has 0 aliphatic heterocycles. The number of aromatic amines is 1. The minimum absolute atomic E-state index is 0.0857. The van der Waals surface area contributed by atoms with E-state index in [4.69, 9.17) is 23.8 Å². The van der Waals surface area contributed by atoms with Crippen molar-refractivity contribution < 1.29 is 0 Å². The second kappa shape index (κ2) is 9.22. The number of thiocarbonyl (C=S) groups is 1. The van der Waals surface area contributed by atoms with Crippen molar-refractivity contribution in [1.29, 1.82) is 0 Å². The Bertz CT molecular complexity index is 1030. The van der Waals surface area contributed by atoms with Crippen molar-refractivity contribution in [2.45, 2.75) is 33.4 Å². The predicted octanol–water partition coefficient (Wildman–Crippen LogP) is 4.78. The third kappa shape index (κ3) is 5.12. The minimum atomic E-state index is -0.0857. The van der Waals surface area contributed by atoms with E-state index in [0.29, 0.717) is 28.8 Å². The Morgan fingerprint density at radius 3 is 2.61 bits per heavy atom. The SMILES string of the molecule is CCCNC(=S)N(Cc1ccc(Cl)cc1)Cc1cc2ccc(C)cc2[nH]c1=O. The fraction of sp³-hybridized carbons (Fsp3) is 0.273. The van der Waals surface area contributed by atoms with Crippen LogP contribution in [-0.2, 0) is 13.1 Å². The first-order valence-corrected chi connectivity index (χ1v) is 10.1. The van der Waals surface area contributed by atoms with Gasteiger partial charge in [0.2, 0.25) is 0 Å². The highest BCUT2D eigenvalue weighted by molar-refractivity contribution is 7.80. The van der Waals surface area contributed by atoms with Crippen molar-refractivity contribution in [1.82, 2.24) is 15.2 Å². The van der Waals surface area contributed by atoms with Gasteiger partial charge in [0.05, 0.1) is 6.54 Å². The number of rotatable bonds is 6. The third-order valence-electron chi connectivity index (χ3n) is 4.54. The highest BCUT2D eigenvalue weighted by atomic mass is 35.5. The molecule has 2 N–H and O–H groups in total. The summed E-state index contributed by atoms with van der Waals surface area (Å²) < 4.78 is 0. The molecule has 0 spiro atoms. The van der Waals surface area contributed by atoms with Crippen LogP contribution in [0.15, 0.2) is 53.3 Å². The molecule has 2 aromatic carbocycles. The van der Waals surface area contributed by atoms with Crippen molar-refractivity contribution in [3.63, 3.8) is 0 Å². The Hall–Kier alpha value is -2.37. The van der Waals surface area contributed by atoms with Gasteiger partial charge in [-0.3, -0.25) is 4.79 Å². The summed E-state index contributed by atoms with van der Waals surface area (Å²) in [6.45, 7) is 5.92. The van der Waals surface area contributed by atoms with Crippen molar-refractivity contribution in [3.8, 4) is 0 Å². The number of aryl methyl sites for hydroxylation is 1. The first kappa shape index (κ1) is 20.4. The van der Waals surface area contributed by atoms with Gasteiger partial charge in [0.25, 0.3) is 5.56 Å². The number of halogens is 1. The second-order valence-electron chi connectivity index (χ2n) is 6.93. The summed E-state index contributed by atoms with van der Waals surface area (Å²) in [6, 6.07) is 15.7. The molecular formula is C22H24ClN3OS. The molecule has 0 atom stereocenters. The van der Waals surface area contributed by atoms with Crippen LogP contribution in [0.5, 0.6) is 0 Å². The summed E-state index contributed by atoms with van der Waals surface area (Å²) in [5, 5.41) is 5.62. The molecule has 1 aromatic heterocycles. The molecule has 0 aliphatic carbocycles. The number of H-pyrrole nitrogens is 1. The summed E-state index contributed by atoms with van der Waals surface area (Å²) in [7, 11) is 0. The van der Waals surface area contributed by atoms with Crippen LogP contribution < -0.4 is 10.9 Å². The number of benzene rings is 2. The summed E-state index contributed by atoms with van der Waals surface area (Å²) in [6.07, 6.45) is 0.977. The summed E-state index contributed by atoms with van der Waals surface area (Å²) in [4.78, 5) is 17.7. The molecule has 0 radical (unpaired) electrons. The van der Waals surface area contributed by atoms with Crippen LogP contribution in [0.1, 0.15) is 30.0 Å². The van der Waals surface area contributed by atoms with Gasteiger partial charge in [0.1, 0.15) is 0 Å². The van der Waals surface area contributed by atoms with Gasteiger partial charge in [-0.15, -0.1) is 0 Å². The number of aromatic nitrogens is 1. The lowest BCUT2D eigenvalue weighted by molar-refractivity contribution is 0.397. The molecule has 3 aromatic rings.